The fourth-order valence-corrected chi connectivity index (χ4v) is 2.28. The summed E-state index contributed by atoms with van der Waals surface area (Å²) in [5.74, 6) is 1.96. The average molecular weight is 507 g/mol. The number of nitrogens with one attached hydrogen (secondary N) is 2. The first-order chi connectivity index (χ1) is 12.7. The van der Waals surface area contributed by atoms with Crippen molar-refractivity contribution in [3.05, 3.63) is 29.8 Å². The van der Waals surface area contributed by atoms with Crippen molar-refractivity contribution in [3.8, 4) is 5.75 Å². The van der Waals surface area contributed by atoms with E-state index in [0.717, 1.165) is 17.9 Å². The molecule has 1 aromatic carbocycles. The summed E-state index contributed by atoms with van der Waals surface area (Å²) >= 11 is 0. The number of para-hydroxylation sites is 1. The highest BCUT2D eigenvalue weighted by Gasteiger charge is 2.14. The summed E-state index contributed by atoms with van der Waals surface area (Å²) in [5, 5.41) is 16.4. The first-order valence-electron chi connectivity index (χ1n) is 9.76. The standard InChI is InChI=1S/C21H37N3O3.HI/c1-7-22-20(24-13-18(25)15-26-14-16(2)3)23-12-17-10-8-9-11-19(17)27-21(4,5)6;/h8-11,16,18,25H,7,12-15H2,1-6H3,(H2,22,23,24);1H. The summed E-state index contributed by atoms with van der Waals surface area (Å²) in [5.41, 5.74) is 0.758. The number of benzene rings is 1. The zero-order valence-corrected chi connectivity index (χ0v) is 20.4. The molecule has 1 unspecified atom stereocenters. The predicted molar refractivity (Wildman–Crippen MR) is 127 cm³/mol. The van der Waals surface area contributed by atoms with E-state index in [-0.39, 0.29) is 29.6 Å². The van der Waals surface area contributed by atoms with Crippen molar-refractivity contribution in [2.75, 3.05) is 26.3 Å². The lowest BCUT2D eigenvalue weighted by atomic mass is 10.1. The van der Waals surface area contributed by atoms with Crippen LogP contribution in [-0.4, -0.2) is 49.1 Å². The molecule has 0 amide bonds. The molecular weight excluding hydrogens is 469 g/mol. The second kappa shape index (κ2) is 14.0. The van der Waals surface area contributed by atoms with Gasteiger partial charge in [0.05, 0.1) is 19.3 Å². The normalized spacial score (nSPS) is 13.1. The zero-order chi connectivity index (χ0) is 20.3. The van der Waals surface area contributed by atoms with Crippen molar-refractivity contribution in [3.63, 3.8) is 0 Å². The quantitative estimate of drug-likeness (QED) is 0.257. The molecule has 0 aliphatic heterocycles. The molecule has 0 heterocycles. The number of halogens is 1. The van der Waals surface area contributed by atoms with Crippen LogP contribution in [0, 0.1) is 5.92 Å². The highest BCUT2D eigenvalue weighted by molar-refractivity contribution is 14.0. The van der Waals surface area contributed by atoms with E-state index in [9.17, 15) is 5.11 Å². The highest BCUT2D eigenvalue weighted by atomic mass is 127. The third-order valence-corrected chi connectivity index (χ3v) is 3.41. The number of hydrogen-bond acceptors (Lipinski definition) is 4. The van der Waals surface area contributed by atoms with Crippen molar-refractivity contribution >= 4 is 29.9 Å². The summed E-state index contributed by atoms with van der Waals surface area (Å²) < 4.78 is 11.5. The van der Waals surface area contributed by atoms with Gasteiger partial charge in [0.1, 0.15) is 11.4 Å². The van der Waals surface area contributed by atoms with Gasteiger partial charge in [0, 0.05) is 25.3 Å². The molecule has 0 bridgehead atoms. The number of aliphatic hydroxyl groups is 1. The minimum Gasteiger partial charge on any atom is -0.488 e. The van der Waals surface area contributed by atoms with Gasteiger partial charge in [-0.15, -0.1) is 24.0 Å². The van der Waals surface area contributed by atoms with Gasteiger partial charge in [0.25, 0.3) is 0 Å². The van der Waals surface area contributed by atoms with Crippen LogP contribution < -0.4 is 15.4 Å². The Labute approximate surface area is 187 Å². The largest absolute Gasteiger partial charge is 0.488 e. The number of nitrogens with zero attached hydrogens (tertiary/aromatic N) is 1. The lowest BCUT2D eigenvalue weighted by Crippen LogP contribution is -2.42. The Morgan fingerprint density at radius 3 is 2.43 bits per heavy atom. The van der Waals surface area contributed by atoms with E-state index in [1.165, 1.54) is 0 Å². The van der Waals surface area contributed by atoms with Gasteiger partial charge in [-0.05, 0) is 39.7 Å². The average Bonchev–Trinajstić information content (AvgIpc) is 2.57. The molecule has 0 fully saturated rings. The third kappa shape index (κ3) is 12.4. The molecule has 1 atom stereocenters. The Bertz CT molecular complexity index is 574. The Morgan fingerprint density at radius 1 is 1.14 bits per heavy atom. The summed E-state index contributed by atoms with van der Waals surface area (Å²) in [7, 11) is 0. The second-order valence-corrected chi connectivity index (χ2v) is 7.98. The predicted octanol–water partition coefficient (Wildman–Crippen LogP) is 3.57. The number of guanidine groups is 1. The van der Waals surface area contributed by atoms with E-state index < -0.39 is 6.10 Å². The van der Waals surface area contributed by atoms with E-state index in [1.54, 1.807) is 0 Å². The van der Waals surface area contributed by atoms with E-state index in [4.69, 9.17) is 9.47 Å². The lowest BCUT2D eigenvalue weighted by Gasteiger charge is -2.23. The Morgan fingerprint density at radius 2 is 1.82 bits per heavy atom. The topological polar surface area (TPSA) is 75.1 Å². The first-order valence-corrected chi connectivity index (χ1v) is 9.76. The summed E-state index contributed by atoms with van der Waals surface area (Å²) in [6, 6.07) is 7.93. The minimum absolute atomic E-state index is 0. The van der Waals surface area contributed by atoms with Gasteiger partial charge < -0.3 is 25.2 Å². The fraction of sp³-hybridized carbons (Fsp3) is 0.667. The van der Waals surface area contributed by atoms with E-state index in [0.29, 0.717) is 38.2 Å². The van der Waals surface area contributed by atoms with Gasteiger partial charge in [-0.25, -0.2) is 4.99 Å². The SMILES string of the molecule is CCNC(=NCc1ccccc1OC(C)(C)C)NCC(O)COCC(C)C.I. The van der Waals surface area contributed by atoms with Crippen LogP contribution >= 0.6 is 24.0 Å². The number of ether oxygens (including phenoxy) is 2. The summed E-state index contributed by atoms with van der Waals surface area (Å²) in [6.45, 7) is 14.8. The molecule has 0 aliphatic rings. The third-order valence-electron chi connectivity index (χ3n) is 3.41. The molecule has 1 rings (SSSR count). The van der Waals surface area contributed by atoms with E-state index in [2.05, 4.69) is 29.5 Å². The van der Waals surface area contributed by atoms with Crippen molar-refractivity contribution in [2.24, 2.45) is 10.9 Å². The van der Waals surface area contributed by atoms with Crippen LogP contribution in [0.25, 0.3) is 0 Å². The maximum atomic E-state index is 10.0. The number of rotatable bonds is 10. The Kier molecular flexibility index (Phi) is 13.5. The molecule has 162 valence electrons. The molecule has 0 aromatic heterocycles. The fourth-order valence-electron chi connectivity index (χ4n) is 2.28. The smallest absolute Gasteiger partial charge is 0.191 e. The highest BCUT2D eigenvalue weighted by Crippen LogP contribution is 2.23. The minimum atomic E-state index is -0.580. The number of aliphatic hydroxyl groups excluding tert-OH is 1. The van der Waals surface area contributed by atoms with Gasteiger partial charge in [-0.3, -0.25) is 0 Å². The van der Waals surface area contributed by atoms with Gasteiger partial charge in [0.2, 0.25) is 0 Å². The monoisotopic (exact) mass is 507 g/mol. The molecule has 1 aromatic rings. The van der Waals surface area contributed by atoms with Crippen LogP contribution in [0.3, 0.4) is 0 Å². The molecule has 0 saturated carbocycles. The van der Waals surface area contributed by atoms with Crippen molar-refractivity contribution in [1.29, 1.82) is 0 Å². The molecule has 7 heteroatoms. The van der Waals surface area contributed by atoms with Gasteiger partial charge in [0.15, 0.2) is 5.96 Å². The molecule has 6 nitrogen and oxygen atoms in total. The van der Waals surface area contributed by atoms with Crippen LogP contribution in [0.1, 0.15) is 47.1 Å². The van der Waals surface area contributed by atoms with E-state index >= 15 is 0 Å². The van der Waals surface area contributed by atoms with E-state index in [1.807, 2.05) is 52.0 Å². The van der Waals surface area contributed by atoms with Crippen molar-refractivity contribution < 1.29 is 14.6 Å². The van der Waals surface area contributed by atoms with Gasteiger partial charge in [-0.2, -0.15) is 0 Å². The Balaban J connectivity index is 0.00000729. The maximum Gasteiger partial charge on any atom is 0.191 e. The van der Waals surface area contributed by atoms with Gasteiger partial charge in [-0.1, -0.05) is 32.0 Å². The van der Waals surface area contributed by atoms with Crippen molar-refractivity contribution in [1.82, 2.24) is 10.6 Å². The molecule has 0 saturated heterocycles. The Hall–Kier alpha value is -1.06. The van der Waals surface area contributed by atoms with Crippen LogP contribution in [0.5, 0.6) is 5.75 Å². The molecule has 0 aliphatic carbocycles. The van der Waals surface area contributed by atoms with Crippen LogP contribution in [0.15, 0.2) is 29.3 Å². The molecular formula is C21H38IN3O3. The van der Waals surface area contributed by atoms with Crippen LogP contribution in [-0.2, 0) is 11.3 Å². The van der Waals surface area contributed by atoms with Crippen LogP contribution in [0.4, 0.5) is 0 Å². The van der Waals surface area contributed by atoms with Crippen molar-refractivity contribution in [2.45, 2.75) is 59.8 Å². The number of aliphatic imine (C=N–C) groups is 1. The lowest BCUT2D eigenvalue weighted by molar-refractivity contribution is 0.0280. The molecule has 28 heavy (non-hydrogen) atoms. The van der Waals surface area contributed by atoms with Crippen LogP contribution in [0.2, 0.25) is 0 Å². The maximum absolute atomic E-state index is 10.0. The zero-order valence-electron chi connectivity index (χ0n) is 18.1. The molecule has 0 spiro atoms. The molecule has 0 radical (unpaired) electrons. The number of hydrogen-bond donors (Lipinski definition) is 3. The second-order valence-electron chi connectivity index (χ2n) is 7.98. The summed E-state index contributed by atoms with van der Waals surface area (Å²) in [6.07, 6.45) is -0.580. The summed E-state index contributed by atoms with van der Waals surface area (Å²) in [4.78, 5) is 4.62. The molecule has 3 N–H and O–H groups in total. The first kappa shape index (κ1) is 26.9. The van der Waals surface area contributed by atoms with Gasteiger partial charge >= 0.3 is 0 Å².